The van der Waals surface area contributed by atoms with Gasteiger partial charge in [-0.3, -0.25) is 24.8 Å². The van der Waals surface area contributed by atoms with Crippen LogP contribution < -0.4 is 21.3 Å². The standard InChI is InChI=1S/C26H44N5O5S/c1-25(2,3)21(29-24(35)30-26(17-37(4)36)12-6-5-7-13-26)23(34)31-14-8-9-19(31)15-27-16-20(32)22(33)28-18-10-11-18/h18-19,21,27H,4-17H2,1-3H3,(H,28,33)(H2,29,30,35)/q-1. The average molecular weight is 539 g/mol. The van der Waals surface area contributed by atoms with Gasteiger partial charge in [0.2, 0.25) is 11.7 Å². The molecule has 0 aromatic carbocycles. The third kappa shape index (κ3) is 8.70. The van der Waals surface area contributed by atoms with Gasteiger partial charge in [0.15, 0.2) is 0 Å². The number of ketones is 1. The lowest BCUT2D eigenvalue weighted by molar-refractivity contribution is -0.137. The maximum Gasteiger partial charge on any atom is 0.315 e. The van der Waals surface area contributed by atoms with E-state index in [0.717, 1.165) is 57.8 Å². The summed E-state index contributed by atoms with van der Waals surface area (Å²) in [7, 11) is -1.30. The number of nitrogens with one attached hydrogen (secondary N) is 4. The van der Waals surface area contributed by atoms with Crippen molar-refractivity contribution in [1.29, 1.82) is 0 Å². The number of amides is 4. The van der Waals surface area contributed by atoms with E-state index in [-0.39, 0.29) is 24.5 Å². The molecule has 1 heterocycles. The summed E-state index contributed by atoms with van der Waals surface area (Å²) in [5.41, 5.74) is -1.11. The van der Waals surface area contributed by atoms with Crippen molar-refractivity contribution in [2.45, 2.75) is 102 Å². The lowest BCUT2D eigenvalue weighted by Crippen LogP contribution is -2.62. The van der Waals surface area contributed by atoms with Crippen LogP contribution in [0, 0.1) is 5.41 Å². The summed E-state index contributed by atoms with van der Waals surface area (Å²) < 4.78 is 11.9. The molecule has 210 valence electrons. The van der Waals surface area contributed by atoms with Gasteiger partial charge in [0, 0.05) is 30.7 Å². The molecule has 2 atom stereocenters. The highest BCUT2D eigenvalue weighted by Crippen LogP contribution is 2.29. The number of hydrogen-bond donors (Lipinski definition) is 4. The van der Waals surface area contributed by atoms with E-state index in [1.165, 1.54) is 0 Å². The molecule has 3 rings (SSSR count). The van der Waals surface area contributed by atoms with Gasteiger partial charge in [0.25, 0.3) is 5.91 Å². The number of urea groups is 1. The largest absolute Gasteiger partial charge is 0.462 e. The Balaban J connectivity index is 1.59. The van der Waals surface area contributed by atoms with E-state index in [0.29, 0.717) is 18.8 Å². The van der Waals surface area contributed by atoms with Crippen LogP contribution in [0.4, 0.5) is 4.79 Å². The molecule has 0 radical (unpaired) electrons. The molecule has 0 bridgehead atoms. The van der Waals surface area contributed by atoms with Gasteiger partial charge in [0.1, 0.15) is 6.04 Å². The number of hydrogen-bond acceptors (Lipinski definition) is 7. The van der Waals surface area contributed by atoms with Crippen molar-refractivity contribution in [3.8, 4) is 0 Å². The van der Waals surface area contributed by atoms with Gasteiger partial charge in [-0.05, 0) is 43.9 Å². The van der Waals surface area contributed by atoms with Crippen LogP contribution in [-0.2, 0) is 29.0 Å². The Morgan fingerprint density at radius 1 is 1.05 bits per heavy atom. The molecule has 4 amide bonds. The van der Waals surface area contributed by atoms with Gasteiger partial charge >= 0.3 is 6.03 Å². The molecule has 2 unspecified atom stereocenters. The molecule has 0 spiro atoms. The normalized spacial score (nSPS) is 22.4. The molecule has 3 aliphatic rings. The van der Waals surface area contributed by atoms with Crippen molar-refractivity contribution >= 4 is 39.9 Å². The third-order valence-corrected chi connectivity index (χ3v) is 8.38. The van der Waals surface area contributed by atoms with E-state index in [4.69, 9.17) is 0 Å². The van der Waals surface area contributed by atoms with Crippen LogP contribution in [0.5, 0.6) is 0 Å². The SMILES string of the molecule is C=[S-](=O)CC1(NC(=O)NC(C(=O)N2CCCC2CNCC(=O)C(=O)NC2CC2)C(C)(C)C)CCCCC1. The summed E-state index contributed by atoms with van der Waals surface area (Å²) in [4.78, 5) is 52.6. The minimum absolute atomic E-state index is 0.0732. The van der Waals surface area contributed by atoms with E-state index in [1.807, 2.05) is 20.8 Å². The van der Waals surface area contributed by atoms with Gasteiger partial charge in [0.05, 0.1) is 6.54 Å². The van der Waals surface area contributed by atoms with Gasteiger partial charge in [-0.1, -0.05) is 45.8 Å². The second kappa shape index (κ2) is 12.6. The molecule has 37 heavy (non-hydrogen) atoms. The third-order valence-electron chi connectivity index (χ3n) is 7.51. The summed E-state index contributed by atoms with van der Waals surface area (Å²) in [5.74, 6) is 2.69. The minimum Gasteiger partial charge on any atom is -0.462 e. The fraction of sp³-hybridized carbons (Fsp3) is 0.808. The number of likely N-dealkylation sites (tertiary alicyclic amines) is 1. The Kier molecular flexibility index (Phi) is 10.0. The summed E-state index contributed by atoms with van der Waals surface area (Å²) in [6.45, 7) is 6.64. The molecule has 0 aromatic heterocycles. The molecule has 1 aliphatic heterocycles. The molecular weight excluding hydrogens is 494 g/mol. The van der Waals surface area contributed by atoms with Crippen molar-refractivity contribution in [2.24, 2.45) is 5.41 Å². The first-order valence-corrected chi connectivity index (χ1v) is 15.0. The van der Waals surface area contributed by atoms with E-state index in [1.54, 1.807) is 4.90 Å². The summed E-state index contributed by atoms with van der Waals surface area (Å²) in [6, 6.07) is -1.18. The summed E-state index contributed by atoms with van der Waals surface area (Å²) >= 11 is 0. The van der Waals surface area contributed by atoms with Crippen molar-refractivity contribution in [1.82, 2.24) is 26.2 Å². The molecule has 0 aromatic rings. The molecule has 2 saturated carbocycles. The van der Waals surface area contributed by atoms with Gasteiger partial charge in [-0.2, -0.15) is 5.87 Å². The fourth-order valence-corrected chi connectivity index (χ4v) is 6.31. The highest BCUT2D eigenvalue weighted by atomic mass is 32.2. The predicted molar refractivity (Wildman–Crippen MR) is 145 cm³/mol. The van der Waals surface area contributed by atoms with Gasteiger partial charge < -0.3 is 30.4 Å². The Morgan fingerprint density at radius 3 is 2.32 bits per heavy atom. The zero-order valence-corrected chi connectivity index (χ0v) is 23.3. The smallest absolute Gasteiger partial charge is 0.315 e. The van der Waals surface area contributed by atoms with Crippen LogP contribution in [0.1, 0.15) is 78.6 Å². The van der Waals surface area contributed by atoms with Crippen LogP contribution in [0.2, 0.25) is 0 Å². The summed E-state index contributed by atoms with van der Waals surface area (Å²) in [6.07, 6.45) is 7.92. The van der Waals surface area contributed by atoms with Crippen molar-refractivity contribution in [3.05, 3.63) is 0 Å². The average Bonchev–Trinajstić information content (AvgIpc) is 3.50. The lowest BCUT2D eigenvalue weighted by atomic mass is 9.83. The van der Waals surface area contributed by atoms with Crippen LogP contribution >= 0.6 is 0 Å². The van der Waals surface area contributed by atoms with E-state index < -0.39 is 45.1 Å². The Hall–Kier alpha value is -2.14. The Labute approximate surface area is 222 Å². The maximum absolute atomic E-state index is 13.7. The van der Waals surface area contributed by atoms with Crippen molar-refractivity contribution in [2.75, 3.05) is 25.4 Å². The first-order chi connectivity index (χ1) is 17.4. The lowest BCUT2D eigenvalue weighted by Gasteiger charge is -2.41. The number of carbonyl (C=O) groups is 4. The predicted octanol–water partition coefficient (Wildman–Crippen LogP) is 1.23. The van der Waals surface area contributed by atoms with Gasteiger partial charge in [-0.15, -0.1) is 0 Å². The number of rotatable bonds is 11. The van der Waals surface area contributed by atoms with Crippen molar-refractivity contribution < 1.29 is 23.4 Å². The van der Waals surface area contributed by atoms with Crippen LogP contribution in [0.25, 0.3) is 0 Å². The first-order valence-electron chi connectivity index (χ1n) is 13.5. The molecule has 11 heteroatoms. The Morgan fingerprint density at radius 2 is 1.73 bits per heavy atom. The maximum atomic E-state index is 13.7. The monoisotopic (exact) mass is 538 g/mol. The highest BCUT2D eigenvalue weighted by molar-refractivity contribution is 7.82. The van der Waals surface area contributed by atoms with Crippen LogP contribution in [0.3, 0.4) is 0 Å². The van der Waals surface area contributed by atoms with Crippen LogP contribution in [0.15, 0.2) is 0 Å². The second-order valence-electron chi connectivity index (χ2n) is 12.0. The molecule has 4 N–H and O–H groups in total. The molecule has 1 saturated heterocycles. The molecule has 2 aliphatic carbocycles. The Bertz CT molecular complexity index is 926. The topological polar surface area (TPSA) is 137 Å². The zero-order valence-electron chi connectivity index (χ0n) is 22.5. The quantitative estimate of drug-likeness (QED) is 0.177. The second-order valence-corrected chi connectivity index (χ2v) is 13.1. The van der Waals surface area contributed by atoms with E-state index in [9.17, 15) is 23.4 Å². The molecule has 3 fully saturated rings. The fourth-order valence-electron chi connectivity index (χ4n) is 5.33. The van der Waals surface area contributed by atoms with Gasteiger partial charge in [-0.25, -0.2) is 4.79 Å². The van der Waals surface area contributed by atoms with E-state index >= 15 is 0 Å². The highest BCUT2D eigenvalue weighted by Gasteiger charge is 2.41. The number of nitrogens with zero attached hydrogens (tertiary/aromatic N) is 1. The van der Waals surface area contributed by atoms with E-state index in [2.05, 4.69) is 27.1 Å². The number of Topliss-reactive ketones (excluding diaryl/α,β-unsaturated/α-hetero) is 1. The van der Waals surface area contributed by atoms with Crippen LogP contribution in [-0.4, -0.2) is 83.5 Å². The first kappa shape index (κ1) is 29.4. The summed E-state index contributed by atoms with van der Waals surface area (Å²) in [5, 5.41) is 11.7. The molecule has 10 nitrogen and oxygen atoms in total. The number of carbonyl (C=O) groups excluding carboxylic acids is 4. The zero-order chi connectivity index (χ0) is 27.2. The molecular formula is C26H44N5O5S-. The minimum atomic E-state index is -1.30. The van der Waals surface area contributed by atoms with Crippen molar-refractivity contribution in [3.63, 3.8) is 0 Å².